The number of ether oxygens (including phenoxy) is 1. The minimum absolute atomic E-state index is 0.201. The average molecular weight is 357 g/mol. The molecular formula is C24H21O3-. The van der Waals surface area contributed by atoms with Crippen LogP contribution in [0.25, 0.3) is 0 Å². The van der Waals surface area contributed by atoms with Gasteiger partial charge in [0.1, 0.15) is 12.4 Å². The smallest absolute Gasteiger partial charge is 0.123 e. The number of carboxylic acids is 1. The molecule has 0 aliphatic rings. The predicted octanol–water partition coefficient (Wildman–Crippen LogP) is 3.97. The van der Waals surface area contributed by atoms with Crippen LogP contribution in [-0.2, 0) is 19.4 Å². The van der Waals surface area contributed by atoms with E-state index in [4.69, 9.17) is 4.74 Å². The van der Waals surface area contributed by atoms with Gasteiger partial charge in [0.2, 0.25) is 0 Å². The van der Waals surface area contributed by atoms with Gasteiger partial charge in [-0.3, -0.25) is 0 Å². The Kier molecular flexibility index (Phi) is 6.42. The molecule has 0 saturated carbocycles. The first-order valence-corrected chi connectivity index (χ1v) is 8.92. The molecule has 0 atom stereocenters. The van der Waals surface area contributed by atoms with Gasteiger partial charge in [0, 0.05) is 0 Å². The summed E-state index contributed by atoms with van der Waals surface area (Å²) >= 11 is 0. The van der Waals surface area contributed by atoms with Gasteiger partial charge in [0.25, 0.3) is 0 Å². The van der Waals surface area contributed by atoms with Crippen LogP contribution in [0.1, 0.15) is 27.0 Å². The Bertz CT molecular complexity index is 896. The first kappa shape index (κ1) is 18.5. The van der Waals surface area contributed by atoms with Gasteiger partial charge < -0.3 is 14.6 Å². The van der Waals surface area contributed by atoms with Crippen molar-refractivity contribution in [3.63, 3.8) is 0 Å². The zero-order valence-electron chi connectivity index (χ0n) is 15.0. The standard InChI is InChI=1S/C24H22O3/c25-24(26)22-16-14-19(15-17-22)8-4-5-11-21-12-6-7-13-23(21)27-18-20-9-2-1-3-10-20/h1-7,9-10,12-17H,8,11,18H2,(H,25,26)/p-1/b5-4+. The van der Waals surface area contributed by atoms with Crippen molar-refractivity contribution in [2.45, 2.75) is 19.4 Å². The van der Waals surface area contributed by atoms with E-state index in [9.17, 15) is 9.90 Å². The lowest BCUT2D eigenvalue weighted by atomic mass is 10.1. The highest BCUT2D eigenvalue weighted by molar-refractivity contribution is 5.85. The quantitative estimate of drug-likeness (QED) is 0.573. The fraction of sp³-hybridized carbons (Fsp3) is 0.125. The molecule has 0 aliphatic carbocycles. The molecule has 3 aromatic carbocycles. The van der Waals surface area contributed by atoms with E-state index in [1.54, 1.807) is 12.1 Å². The summed E-state index contributed by atoms with van der Waals surface area (Å²) in [5.74, 6) is -0.256. The Balaban J connectivity index is 1.56. The van der Waals surface area contributed by atoms with Crippen LogP contribution in [0.15, 0.2) is 91.0 Å². The molecule has 0 aromatic heterocycles. The third-order valence-corrected chi connectivity index (χ3v) is 4.26. The lowest BCUT2D eigenvalue weighted by molar-refractivity contribution is -0.255. The van der Waals surface area contributed by atoms with Crippen LogP contribution in [0.3, 0.4) is 0 Å². The predicted molar refractivity (Wildman–Crippen MR) is 105 cm³/mol. The number of para-hydroxylation sites is 1. The zero-order chi connectivity index (χ0) is 18.9. The second-order valence-electron chi connectivity index (χ2n) is 6.25. The van der Waals surface area contributed by atoms with Crippen LogP contribution in [-0.4, -0.2) is 5.97 Å². The fourth-order valence-corrected chi connectivity index (χ4v) is 2.76. The van der Waals surface area contributed by atoms with Crippen molar-refractivity contribution in [3.05, 3.63) is 113 Å². The molecule has 27 heavy (non-hydrogen) atoms. The van der Waals surface area contributed by atoms with E-state index in [0.29, 0.717) is 6.61 Å². The Morgan fingerprint density at radius 1 is 0.778 bits per heavy atom. The van der Waals surface area contributed by atoms with Gasteiger partial charge in [0.15, 0.2) is 0 Å². The second kappa shape index (κ2) is 9.39. The first-order valence-electron chi connectivity index (χ1n) is 8.92. The van der Waals surface area contributed by atoms with Gasteiger partial charge in [0.05, 0.1) is 5.97 Å². The van der Waals surface area contributed by atoms with Gasteiger partial charge in [-0.2, -0.15) is 0 Å². The number of benzene rings is 3. The molecule has 0 amide bonds. The summed E-state index contributed by atoms with van der Waals surface area (Å²) in [7, 11) is 0. The molecule has 0 radical (unpaired) electrons. The summed E-state index contributed by atoms with van der Waals surface area (Å²) < 4.78 is 5.98. The molecule has 0 saturated heterocycles. The van der Waals surface area contributed by atoms with Crippen molar-refractivity contribution in [1.29, 1.82) is 0 Å². The summed E-state index contributed by atoms with van der Waals surface area (Å²) in [5, 5.41) is 10.8. The number of carboxylic acid groups (broad SMARTS) is 1. The number of rotatable bonds is 8. The highest BCUT2D eigenvalue weighted by atomic mass is 16.5. The molecule has 0 N–H and O–H groups in total. The van der Waals surface area contributed by atoms with Crippen molar-refractivity contribution in [2.75, 3.05) is 0 Å². The van der Waals surface area contributed by atoms with Gasteiger partial charge in [-0.05, 0) is 41.2 Å². The van der Waals surface area contributed by atoms with Crippen molar-refractivity contribution >= 4 is 5.97 Å². The van der Waals surface area contributed by atoms with Crippen LogP contribution in [0, 0.1) is 0 Å². The Morgan fingerprint density at radius 3 is 2.19 bits per heavy atom. The lowest BCUT2D eigenvalue weighted by Gasteiger charge is -2.10. The molecule has 0 bridgehead atoms. The van der Waals surface area contributed by atoms with Crippen molar-refractivity contribution in [3.8, 4) is 5.75 Å². The van der Waals surface area contributed by atoms with Crippen molar-refractivity contribution < 1.29 is 14.6 Å². The maximum absolute atomic E-state index is 10.8. The van der Waals surface area contributed by atoms with Gasteiger partial charge >= 0.3 is 0 Å². The van der Waals surface area contributed by atoms with Crippen LogP contribution in [0.5, 0.6) is 5.75 Å². The molecule has 0 fully saturated rings. The van der Waals surface area contributed by atoms with Crippen LogP contribution in [0.4, 0.5) is 0 Å². The normalized spacial score (nSPS) is 10.8. The third-order valence-electron chi connectivity index (χ3n) is 4.26. The maximum Gasteiger partial charge on any atom is 0.123 e. The summed E-state index contributed by atoms with van der Waals surface area (Å²) in [6.45, 7) is 0.548. The van der Waals surface area contributed by atoms with Crippen LogP contribution in [0.2, 0.25) is 0 Å². The molecule has 3 rings (SSSR count). The van der Waals surface area contributed by atoms with Crippen LogP contribution >= 0.6 is 0 Å². The number of hydrogen-bond acceptors (Lipinski definition) is 3. The minimum Gasteiger partial charge on any atom is -0.545 e. The molecule has 0 heterocycles. The fourth-order valence-electron chi connectivity index (χ4n) is 2.76. The van der Waals surface area contributed by atoms with Gasteiger partial charge in [-0.1, -0.05) is 84.9 Å². The summed E-state index contributed by atoms with van der Waals surface area (Å²) in [4.78, 5) is 10.8. The summed E-state index contributed by atoms with van der Waals surface area (Å²) in [6.07, 6.45) is 5.72. The van der Waals surface area contributed by atoms with E-state index < -0.39 is 5.97 Å². The monoisotopic (exact) mass is 357 g/mol. The third kappa shape index (κ3) is 5.58. The summed E-state index contributed by atoms with van der Waals surface area (Å²) in [5.41, 5.74) is 3.54. The Labute approximate surface area is 159 Å². The number of carbonyl (C=O) groups excluding carboxylic acids is 1. The van der Waals surface area contributed by atoms with E-state index in [1.807, 2.05) is 60.7 Å². The second-order valence-corrected chi connectivity index (χ2v) is 6.25. The molecular weight excluding hydrogens is 336 g/mol. The largest absolute Gasteiger partial charge is 0.545 e. The van der Waals surface area contributed by atoms with E-state index in [2.05, 4.69) is 18.2 Å². The minimum atomic E-state index is -1.15. The first-order chi connectivity index (χ1) is 13.2. The van der Waals surface area contributed by atoms with Crippen LogP contribution < -0.4 is 9.84 Å². The maximum atomic E-state index is 10.8. The molecule has 3 nitrogen and oxygen atoms in total. The molecule has 136 valence electrons. The SMILES string of the molecule is O=C([O-])c1ccc(C/C=C/Cc2ccccc2OCc2ccccc2)cc1. The number of carbonyl (C=O) groups is 1. The van der Waals surface area contributed by atoms with E-state index in [-0.39, 0.29) is 5.56 Å². The molecule has 3 heteroatoms. The summed E-state index contributed by atoms with van der Waals surface area (Å²) in [6, 6.07) is 24.9. The van der Waals surface area contributed by atoms with Crippen molar-refractivity contribution in [1.82, 2.24) is 0 Å². The Morgan fingerprint density at radius 2 is 1.44 bits per heavy atom. The number of allylic oxidation sites excluding steroid dienone is 2. The van der Waals surface area contributed by atoms with Gasteiger partial charge in [-0.25, -0.2) is 0 Å². The lowest BCUT2D eigenvalue weighted by Crippen LogP contribution is -2.21. The zero-order valence-corrected chi connectivity index (χ0v) is 15.0. The van der Waals surface area contributed by atoms with Gasteiger partial charge in [-0.15, -0.1) is 0 Å². The average Bonchev–Trinajstić information content (AvgIpc) is 2.71. The van der Waals surface area contributed by atoms with E-state index in [0.717, 1.165) is 35.3 Å². The Hall–Kier alpha value is -3.33. The highest BCUT2D eigenvalue weighted by Gasteiger charge is 2.02. The van der Waals surface area contributed by atoms with E-state index >= 15 is 0 Å². The van der Waals surface area contributed by atoms with Crippen molar-refractivity contribution in [2.24, 2.45) is 0 Å². The molecule has 0 aliphatic heterocycles. The highest BCUT2D eigenvalue weighted by Crippen LogP contribution is 2.20. The topological polar surface area (TPSA) is 49.4 Å². The molecule has 0 unspecified atom stereocenters. The number of aromatic carboxylic acids is 1. The van der Waals surface area contributed by atoms with E-state index in [1.165, 1.54) is 0 Å². The molecule has 3 aromatic rings. The number of hydrogen-bond donors (Lipinski definition) is 0. The molecule has 0 spiro atoms.